The lowest BCUT2D eigenvalue weighted by Crippen LogP contribution is -2.13. The molecule has 0 radical (unpaired) electrons. The van der Waals surface area contributed by atoms with Gasteiger partial charge in [0.25, 0.3) is 10.0 Å². The molecule has 0 bridgehead atoms. The van der Waals surface area contributed by atoms with E-state index in [0.29, 0.717) is 11.3 Å². The Morgan fingerprint density at radius 1 is 0.867 bits per heavy atom. The fourth-order valence-electron chi connectivity index (χ4n) is 2.92. The lowest BCUT2D eigenvalue weighted by molar-refractivity contribution is 0.101. The second-order valence-electron chi connectivity index (χ2n) is 6.80. The smallest absolute Gasteiger partial charge is 0.261 e. The molecule has 0 unspecified atom stereocenters. The van der Waals surface area contributed by atoms with Gasteiger partial charge in [-0.15, -0.1) is 0 Å². The summed E-state index contributed by atoms with van der Waals surface area (Å²) < 4.78 is 26.6. The molecule has 1 aliphatic rings. The highest BCUT2D eigenvalue weighted by Crippen LogP contribution is 2.22. The van der Waals surface area contributed by atoms with Gasteiger partial charge >= 0.3 is 0 Å². The summed E-state index contributed by atoms with van der Waals surface area (Å²) in [6.45, 7) is 11.8. The topological polar surface area (TPSA) is 63.2 Å². The summed E-state index contributed by atoms with van der Waals surface area (Å²) in [7, 11) is -3.62. The lowest BCUT2D eigenvalue weighted by atomic mass is 9.91. The highest BCUT2D eigenvalue weighted by molar-refractivity contribution is 7.92. The maximum absolute atomic E-state index is 12.1. The van der Waals surface area contributed by atoms with Crippen LogP contribution in [0.4, 0.5) is 5.69 Å². The third-order valence-electron chi connectivity index (χ3n) is 4.47. The van der Waals surface area contributed by atoms with Crippen LogP contribution in [0.3, 0.4) is 0 Å². The van der Waals surface area contributed by atoms with Crippen LogP contribution in [0.15, 0.2) is 59.5 Å². The zero-order valence-electron chi connectivity index (χ0n) is 19.4. The summed E-state index contributed by atoms with van der Waals surface area (Å²) in [5.74, 6) is 0.925. The molecule has 0 atom stereocenters. The minimum atomic E-state index is -3.62. The van der Waals surface area contributed by atoms with Gasteiger partial charge < -0.3 is 0 Å². The van der Waals surface area contributed by atoms with Gasteiger partial charge in [-0.1, -0.05) is 97.1 Å². The molecule has 0 amide bonds. The zero-order valence-corrected chi connectivity index (χ0v) is 20.3. The maximum atomic E-state index is 12.1. The van der Waals surface area contributed by atoms with E-state index < -0.39 is 10.0 Å². The number of Topliss-reactive ketones (excluding diaryl/α,β-unsaturated/α-hetero) is 1. The summed E-state index contributed by atoms with van der Waals surface area (Å²) >= 11 is 0. The van der Waals surface area contributed by atoms with E-state index in [2.05, 4.69) is 11.6 Å². The van der Waals surface area contributed by atoms with Gasteiger partial charge in [-0.3, -0.25) is 9.52 Å². The van der Waals surface area contributed by atoms with E-state index in [0.717, 1.165) is 5.92 Å². The Morgan fingerprint density at radius 2 is 1.43 bits per heavy atom. The number of ketones is 1. The van der Waals surface area contributed by atoms with Crippen molar-refractivity contribution in [3.8, 4) is 0 Å². The minimum Gasteiger partial charge on any atom is -0.295 e. The fraction of sp³-hybridized carbons (Fsp3) is 0.480. The van der Waals surface area contributed by atoms with Crippen LogP contribution in [-0.2, 0) is 10.0 Å². The first-order chi connectivity index (χ1) is 14.4. The molecule has 168 valence electrons. The van der Waals surface area contributed by atoms with E-state index in [1.54, 1.807) is 36.4 Å². The summed E-state index contributed by atoms with van der Waals surface area (Å²) in [6, 6.07) is 14.5. The van der Waals surface area contributed by atoms with Crippen molar-refractivity contribution >= 4 is 21.5 Å². The SMILES string of the molecule is CC.CC.CC(=O)c1cccc(NS(=O)(=O)c2ccccc2)c1.CC1CCCCC1. The van der Waals surface area contributed by atoms with Crippen LogP contribution in [0.25, 0.3) is 0 Å². The minimum absolute atomic E-state index is 0.110. The summed E-state index contributed by atoms with van der Waals surface area (Å²) in [4.78, 5) is 11.4. The lowest BCUT2D eigenvalue weighted by Gasteiger charge is -2.15. The number of anilines is 1. The van der Waals surface area contributed by atoms with E-state index in [1.807, 2.05) is 27.7 Å². The van der Waals surface area contributed by atoms with E-state index in [1.165, 1.54) is 57.2 Å². The molecule has 1 fully saturated rings. The first-order valence-corrected chi connectivity index (χ1v) is 12.6. The van der Waals surface area contributed by atoms with Gasteiger partial charge in [-0.05, 0) is 37.1 Å². The molecule has 0 aliphatic heterocycles. The van der Waals surface area contributed by atoms with Gasteiger partial charge in [0.05, 0.1) is 4.90 Å². The van der Waals surface area contributed by atoms with Crippen LogP contribution in [0.1, 0.15) is 84.0 Å². The fourth-order valence-corrected chi connectivity index (χ4v) is 3.99. The van der Waals surface area contributed by atoms with Gasteiger partial charge in [0.1, 0.15) is 0 Å². The quantitative estimate of drug-likeness (QED) is 0.513. The second-order valence-corrected chi connectivity index (χ2v) is 8.48. The average Bonchev–Trinajstić information content (AvgIpc) is 2.78. The van der Waals surface area contributed by atoms with Crippen LogP contribution in [-0.4, -0.2) is 14.2 Å². The van der Waals surface area contributed by atoms with Crippen molar-refractivity contribution in [1.29, 1.82) is 0 Å². The molecule has 0 heterocycles. The summed E-state index contributed by atoms with van der Waals surface area (Å²) in [5, 5.41) is 0. The van der Waals surface area contributed by atoms with Crippen molar-refractivity contribution in [1.82, 2.24) is 0 Å². The van der Waals surface area contributed by atoms with Gasteiger partial charge in [0.15, 0.2) is 5.78 Å². The van der Waals surface area contributed by atoms with Gasteiger partial charge in [0, 0.05) is 11.3 Å². The van der Waals surface area contributed by atoms with Crippen molar-refractivity contribution in [3.05, 3.63) is 60.2 Å². The van der Waals surface area contributed by atoms with E-state index in [9.17, 15) is 13.2 Å². The average molecular weight is 434 g/mol. The number of carbonyl (C=O) groups excluding carboxylic acids is 1. The van der Waals surface area contributed by atoms with Gasteiger partial charge in [0.2, 0.25) is 0 Å². The molecule has 0 aromatic heterocycles. The first-order valence-electron chi connectivity index (χ1n) is 11.1. The number of sulfonamides is 1. The highest BCUT2D eigenvalue weighted by atomic mass is 32.2. The van der Waals surface area contributed by atoms with Crippen LogP contribution < -0.4 is 4.72 Å². The molecular weight excluding hydrogens is 394 g/mol. The van der Waals surface area contributed by atoms with Crippen LogP contribution >= 0.6 is 0 Å². The molecule has 2 aromatic carbocycles. The van der Waals surface area contributed by atoms with Crippen molar-refractivity contribution in [2.75, 3.05) is 4.72 Å². The molecular formula is C25H39NO3S. The molecule has 4 nitrogen and oxygen atoms in total. The number of rotatable bonds is 4. The highest BCUT2D eigenvalue weighted by Gasteiger charge is 2.13. The molecule has 2 aromatic rings. The number of carbonyl (C=O) groups is 1. The van der Waals surface area contributed by atoms with Crippen LogP contribution in [0.5, 0.6) is 0 Å². The normalized spacial score (nSPS) is 13.3. The standard InChI is InChI=1S/C14H13NO3S.C7H14.2C2H6/c1-11(16)12-6-5-7-13(10-12)15-19(17,18)14-8-3-2-4-9-14;1-7-5-3-2-4-6-7;2*1-2/h2-10,15H,1H3;7H,2-6H2,1H3;2*1-2H3. The number of nitrogens with one attached hydrogen (secondary N) is 1. The van der Waals surface area contributed by atoms with Gasteiger partial charge in [-0.25, -0.2) is 8.42 Å². The van der Waals surface area contributed by atoms with Crippen molar-refractivity contribution in [2.24, 2.45) is 5.92 Å². The van der Waals surface area contributed by atoms with Crippen molar-refractivity contribution in [3.63, 3.8) is 0 Å². The Labute approximate surface area is 184 Å². The second kappa shape index (κ2) is 15.7. The molecule has 1 aliphatic carbocycles. The number of hydrogen-bond donors (Lipinski definition) is 1. The predicted molar refractivity (Wildman–Crippen MR) is 129 cm³/mol. The summed E-state index contributed by atoms with van der Waals surface area (Å²) in [6.07, 6.45) is 7.44. The predicted octanol–water partition coefficient (Wildman–Crippen LogP) is 7.33. The number of benzene rings is 2. The molecule has 30 heavy (non-hydrogen) atoms. The monoisotopic (exact) mass is 433 g/mol. The Hall–Kier alpha value is -2.14. The zero-order chi connectivity index (χ0) is 23.0. The van der Waals surface area contributed by atoms with E-state index in [4.69, 9.17) is 0 Å². The molecule has 3 rings (SSSR count). The molecule has 5 heteroatoms. The van der Waals surface area contributed by atoms with Crippen LogP contribution in [0, 0.1) is 5.92 Å². The molecule has 0 spiro atoms. The Morgan fingerprint density at radius 3 is 1.90 bits per heavy atom. The third-order valence-corrected chi connectivity index (χ3v) is 5.87. The molecule has 0 saturated heterocycles. The Kier molecular flexibility index (Phi) is 14.5. The van der Waals surface area contributed by atoms with Crippen molar-refractivity contribution in [2.45, 2.75) is 78.5 Å². The molecule has 1 saturated carbocycles. The van der Waals surface area contributed by atoms with Crippen molar-refractivity contribution < 1.29 is 13.2 Å². The van der Waals surface area contributed by atoms with Gasteiger partial charge in [-0.2, -0.15) is 0 Å². The Balaban J connectivity index is 0.000000636. The first kappa shape index (κ1) is 27.9. The third kappa shape index (κ3) is 10.6. The Bertz CT molecular complexity index is 811. The van der Waals surface area contributed by atoms with E-state index in [-0.39, 0.29) is 10.7 Å². The van der Waals surface area contributed by atoms with E-state index >= 15 is 0 Å². The largest absolute Gasteiger partial charge is 0.295 e. The summed E-state index contributed by atoms with van der Waals surface area (Å²) in [5.41, 5.74) is 0.838. The maximum Gasteiger partial charge on any atom is 0.261 e. The van der Waals surface area contributed by atoms with Crippen LogP contribution in [0.2, 0.25) is 0 Å². The molecule has 1 N–H and O–H groups in total. The number of hydrogen-bond acceptors (Lipinski definition) is 3.